The molecule has 1 aliphatic rings. The van der Waals surface area contributed by atoms with E-state index >= 15 is 0 Å². The molecule has 1 unspecified atom stereocenters. The molecule has 0 saturated carbocycles. The number of nitrogens with zero attached hydrogens (tertiary/aromatic N) is 1. The highest BCUT2D eigenvalue weighted by molar-refractivity contribution is 5.10. The quantitative estimate of drug-likeness (QED) is 0.664. The van der Waals surface area contributed by atoms with Gasteiger partial charge in [0.05, 0.1) is 0 Å². The minimum absolute atomic E-state index is 0.411. The largest absolute Gasteiger partial charge is 0.370 e. The van der Waals surface area contributed by atoms with Crippen molar-refractivity contribution in [2.45, 2.75) is 26.0 Å². The first-order chi connectivity index (χ1) is 5.34. The molecule has 0 aromatic heterocycles. The first-order valence-corrected chi connectivity index (χ1v) is 4.13. The summed E-state index contributed by atoms with van der Waals surface area (Å²) in [6, 6.07) is 0. The minimum atomic E-state index is -0.411. The number of unbranched alkanes of at least 4 members (excludes halogenated alkanes) is 1. The van der Waals surface area contributed by atoms with Gasteiger partial charge >= 0.3 is 0 Å². The van der Waals surface area contributed by atoms with Crippen molar-refractivity contribution in [3.8, 4) is 0 Å². The lowest BCUT2D eigenvalue weighted by Gasteiger charge is -2.25. The maximum Gasteiger partial charge on any atom is 0.146 e. The van der Waals surface area contributed by atoms with Gasteiger partial charge in [-0.2, -0.15) is 0 Å². The van der Waals surface area contributed by atoms with Gasteiger partial charge < -0.3 is 10.0 Å². The number of hydrogen-bond acceptors (Lipinski definition) is 2. The lowest BCUT2D eigenvalue weighted by atomic mass is 10.2. The Labute approximate surface area is 67.8 Å². The Kier molecular flexibility index (Phi) is 3.17. The summed E-state index contributed by atoms with van der Waals surface area (Å²) in [5.41, 5.74) is 0. The molecule has 2 heteroatoms. The lowest BCUT2D eigenvalue weighted by molar-refractivity contribution is 0.0766. The molecular formula is C9H15NO. The maximum atomic E-state index is 9.38. The Hall–Kier alpha value is -0.760. The van der Waals surface area contributed by atoms with Crippen molar-refractivity contribution in [1.82, 2.24) is 4.90 Å². The molecule has 62 valence electrons. The SMILES string of the molecule is CCCCN1C=CC=CC1O. The molecule has 0 spiro atoms. The van der Waals surface area contributed by atoms with E-state index in [1.165, 1.54) is 6.42 Å². The highest BCUT2D eigenvalue weighted by atomic mass is 16.3. The second-order valence-corrected chi connectivity index (χ2v) is 2.73. The number of hydrogen-bond donors (Lipinski definition) is 1. The van der Waals surface area contributed by atoms with Gasteiger partial charge in [0.25, 0.3) is 0 Å². The van der Waals surface area contributed by atoms with E-state index in [1.54, 1.807) is 6.08 Å². The summed E-state index contributed by atoms with van der Waals surface area (Å²) >= 11 is 0. The van der Waals surface area contributed by atoms with Crippen LogP contribution in [0.25, 0.3) is 0 Å². The van der Waals surface area contributed by atoms with Crippen LogP contribution in [0.5, 0.6) is 0 Å². The highest BCUT2D eigenvalue weighted by Crippen LogP contribution is 2.06. The summed E-state index contributed by atoms with van der Waals surface area (Å²) in [5, 5.41) is 9.38. The molecule has 1 N–H and O–H groups in total. The third-order valence-electron chi connectivity index (χ3n) is 1.78. The molecule has 0 fully saturated rings. The van der Waals surface area contributed by atoms with E-state index < -0.39 is 6.23 Å². The predicted molar refractivity (Wildman–Crippen MR) is 45.9 cm³/mol. The number of rotatable bonds is 3. The van der Waals surface area contributed by atoms with Gasteiger partial charge in [0.1, 0.15) is 6.23 Å². The molecule has 0 amide bonds. The van der Waals surface area contributed by atoms with E-state index in [2.05, 4.69) is 6.92 Å². The third-order valence-corrected chi connectivity index (χ3v) is 1.78. The van der Waals surface area contributed by atoms with Gasteiger partial charge in [-0.15, -0.1) is 0 Å². The summed E-state index contributed by atoms with van der Waals surface area (Å²) in [4.78, 5) is 1.93. The summed E-state index contributed by atoms with van der Waals surface area (Å²) in [6.45, 7) is 3.09. The van der Waals surface area contributed by atoms with E-state index in [4.69, 9.17) is 0 Å². The Morgan fingerprint density at radius 2 is 2.27 bits per heavy atom. The Morgan fingerprint density at radius 1 is 1.45 bits per heavy atom. The summed E-state index contributed by atoms with van der Waals surface area (Å²) in [5.74, 6) is 0. The van der Waals surface area contributed by atoms with Crippen molar-refractivity contribution in [1.29, 1.82) is 0 Å². The molecule has 0 radical (unpaired) electrons. The topological polar surface area (TPSA) is 23.5 Å². The van der Waals surface area contributed by atoms with Crippen LogP contribution in [-0.2, 0) is 0 Å². The molecule has 1 rings (SSSR count). The fourth-order valence-electron chi connectivity index (χ4n) is 1.07. The van der Waals surface area contributed by atoms with Crippen molar-refractivity contribution in [2.24, 2.45) is 0 Å². The number of aliphatic hydroxyl groups excluding tert-OH is 1. The van der Waals surface area contributed by atoms with E-state index in [1.807, 2.05) is 23.3 Å². The van der Waals surface area contributed by atoms with Crippen molar-refractivity contribution in [3.05, 3.63) is 24.4 Å². The molecule has 1 atom stereocenters. The number of allylic oxidation sites excluding steroid dienone is 2. The van der Waals surface area contributed by atoms with Gasteiger partial charge in [-0.05, 0) is 18.6 Å². The van der Waals surface area contributed by atoms with Crippen LogP contribution >= 0.6 is 0 Å². The van der Waals surface area contributed by atoms with Crippen molar-refractivity contribution in [3.63, 3.8) is 0 Å². The molecule has 1 heterocycles. The summed E-state index contributed by atoms with van der Waals surface area (Å²) in [7, 11) is 0. The van der Waals surface area contributed by atoms with Crippen LogP contribution in [0.2, 0.25) is 0 Å². The Balaban J connectivity index is 2.33. The van der Waals surface area contributed by atoms with Crippen LogP contribution < -0.4 is 0 Å². The van der Waals surface area contributed by atoms with Crippen molar-refractivity contribution < 1.29 is 5.11 Å². The fraction of sp³-hybridized carbons (Fsp3) is 0.556. The minimum Gasteiger partial charge on any atom is -0.370 e. The van der Waals surface area contributed by atoms with Gasteiger partial charge in [0.2, 0.25) is 0 Å². The van der Waals surface area contributed by atoms with Crippen LogP contribution in [0.1, 0.15) is 19.8 Å². The van der Waals surface area contributed by atoms with Gasteiger partial charge in [0.15, 0.2) is 0 Å². The molecule has 2 nitrogen and oxygen atoms in total. The monoisotopic (exact) mass is 153 g/mol. The zero-order valence-electron chi connectivity index (χ0n) is 6.90. The van der Waals surface area contributed by atoms with E-state index in [0.717, 1.165) is 13.0 Å². The fourth-order valence-corrected chi connectivity index (χ4v) is 1.07. The smallest absolute Gasteiger partial charge is 0.146 e. The first kappa shape index (κ1) is 8.34. The highest BCUT2D eigenvalue weighted by Gasteiger charge is 2.08. The van der Waals surface area contributed by atoms with Crippen LogP contribution in [-0.4, -0.2) is 22.8 Å². The van der Waals surface area contributed by atoms with E-state index in [0.29, 0.717) is 0 Å². The molecule has 1 aliphatic heterocycles. The average Bonchev–Trinajstić information content (AvgIpc) is 2.03. The second-order valence-electron chi connectivity index (χ2n) is 2.73. The lowest BCUT2D eigenvalue weighted by Crippen LogP contribution is -2.30. The molecule has 11 heavy (non-hydrogen) atoms. The van der Waals surface area contributed by atoms with Crippen molar-refractivity contribution in [2.75, 3.05) is 6.54 Å². The Bertz CT molecular complexity index is 163. The van der Waals surface area contributed by atoms with Crippen LogP contribution in [0.3, 0.4) is 0 Å². The Morgan fingerprint density at radius 3 is 2.91 bits per heavy atom. The standard InChI is InChI=1S/C9H15NO/c1-2-3-7-10-8-5-4-6-9(10)11/h4-6,8-9,11H,2-3,7H2,1H3. The van der Waals surface area contributed by atoms with Crippen LogP contribution in [0, 0.1) is 0 Å². The third kappa shape index (κ3) is 2.39. The maximum absolute atomic E-state index is 9.38. The van der Waals surface area contributed by atoms with E-state index in [-0.39, 0.29) is 0 Å². The summed E-state index contributed by atoms with van der Waals surface area (Å²) < 4.78 is 0. The van der Waals surface area contributed by atoms with Crippen molar-refractivity contribution >= 4 is 0 Å². The first-order valence-electron chi connectivity index (χ1n) is 4.13. The molecule has 0 saturated heterocycles. The second kappa shape index (κ2) is 4.19. The van der Waals surface area contributed by atoms with Gasteiger partial charge in [-0.25, -0.2) is 0 Å². The molecular weight excluding hydrogens is 138 g/mol. The average molecular weight is 153 g/mol. The predicted octanol–water partition coefficient (Wildman–Crippen LogP) is 1.49. The van der Waals surface area contributed by atoms with Gasteiger partial charge in [0, 0.05) is 12.7 Å². The van der Waals surface area contributed by atoms with Crippen LogP contribution in [0.4, 0.5) is 0 Å². The molecule has 0 aromatic rings. The summed E-state index contributed by atoms with van der Waals surface area (Å²) in [6.07, 6.45) is 9.42. The molecule has 0 aromatic carbocycles. The zero-order chi connectivity index (χ0) is 8.10. The van der Waals surface area contributed by atoms with E-state index in [9.17, 15) is 5.11 Å². The van der Waals surface area contributed by atoms with Crippen LogP contribution in [0.15, 0.2) is 24.4 Å². The molecule has 0 bridgehead atoms. The van der Waals surface area contributed by atoms with Gasteiger partial charge in [-0.3, -0.25) is 0 Å². The molecule has 0 aliphatic carbocycles. The normalized spacial score (nSPS) is 22.7. The zero-order valence-corrected chi connectivity index (χ0v) is 6.90. The van der Waals surface area contributed by atoms with Gasteiger partial charge in [-0.1, -0.05) is 19.4 Å². The number of aliphatic hydroxyl groups is 1.